The molecule has 6 nitrogen and oxygen atoms in total. The van der Waals surface area contributed by atoms with Crippen molar-refractivity contribution in [3.63, 3.8) is 0 Å². The second-order valence-corrected chi connectivity index (χ2v) is 7.33. The average Bonchev–Trinajstić information content (AvgIpc) is 2.28. The van der Waals surface area contributed by atoms with Crippen molar-refractivity contribution < 1.29 is 18.0 Å². The number of hydrogen-bond acceptors (Lipinski definition) is 4. The van der Waals surface area contributed by atoms with Crippen LogP contribution in [0.25, 0.3) is 0 Å². The van der Waals surface area contributed by atoms with Gasteiger partial charge in [-0.05, 0) is 39.0 Å². The minimum Gasteiger partial charge on any atom is -0.409 e. The Morgan fingerprint density at radius 2 is 2.00 bits per heavy atom. The van der Waals surface area contributed by atoms with Gasteiger partial charge in [-0.25, -0.2) is 12.8 Å². The van der Waals surface area contributed by atoms with Crippen LogP contribution in [-0.2, 0) is 10.0 Å². The van der Waals surface area contributed by atoms with E-state index in [9.17, 15) is 12.8 Å². The van der Waals surface area contributed by atoms with Crippen LogP contribution in [0.5, 0.6) is 0 Å². The molecule has 106 valence electrons. The molecule has 0 atom stereocenters. The van der Waals surface area contributed by atoms with Crippen LogP contribution in [0.1, 0.15) is 26.3 Å². The van der Waals surface area contributed by atoms with Gasteiger partial charge in [-0.15, -0.1) is 0 Å². The maximum Gasteiger partial charge on any atom is 0.237 e. The zero-order chi connectivity index (χ0) is 14.8. The standard InChI is InChI=1S/C11H16FN3O3S/c1-11(2,3)19(17,18)15-9-5-4-7(12)6-8(9)10(13)14-16/h4-6,15-16H,1-3H3,(H2,13,14). The van der Waals surface area contributed by atoms with Crippen LogP contribution in [0.4, 0.5) is 10.1 Å². The zero-order valence-corrected chi connectivity index (χ0v) is 11.6. The summed E-state index contributed by atoms with van der Waals surface area (Å²) in [5, 5.41) is 11.4. The van der Waals surface area contributed by atoms with Crippen molar-refractivity contribution in [1.82, 2.24) is 0 Å². The average molecular weight is 289 g/mol. The Labute approximate surface area is 111 Å². The molecule has 0 fully saturated rings. The molecule has 0 heterocycles. The Bertz CT molecular complexity index is 606. The second kappa shape index (κ2) is 5.04. The van der Waals surface area contributed by atoms with Gasteiger partial charge in [0.1, 0.15) is 5.82 Å². The number of nitrogens with one attached hydrogen (secondary N) is 1. The monoisotopic (exact) mass is 289 g/mol. The minimum atomic E-state index is -3.69. The highest BCUT2D eigenvalue weighted by Gasteiger charge is 2.29. The van der Waals surface area contributed by atoms with Crippen molar-refractivity contribution in [3.8, 4) is 0 Å². The van der Waals surface area contributed by atoms with Gasteiger partial charge < -0.3 is 10.9 Å². The molecule has 1 aromatic rings. The van der Waals surface area contributed by atoms with Gasteiger partial charge in [-0.3, -0.25) is 4.72 Å². The number of anilines is 1. The highest BCUT2D eigenvalue weighted by atomic mass is 32.2. The molecule has 8 heteroatoms. The normalized spacial score (nSPS) is 13.4. The number of nitrogens with zero attached hydrogens (tertiary/aromatic N) is 1. The third kappa shape index (κ3) is 3.34. The number of nitrogens with two attached hydrogens (primary N) is 1. The Hall–Kier alpha value is -1.83. The lowest BCUT2D eigenvalue weighted by atomic mass is 10.1. The molecule has 0 saturated carbocycles. The van der Waals surface area contributed by atoms with Crippen LogP contribution in [0.3, 0.4) is 0 Å². The first kappa shape index (κ1) is 15.2. The number of oxime groups is 1. The van der Waals surface area contributed by atoms with E-state index in [-0.39, 0.29) is 17.1 Å². The van der Waals surface area contributed by atoms with E-state index in [1.54, 1.807) is 0 Å². The zero-order valence-electron chi connectivity index (χ0n) is 10.8. The summed E-state index contributed by atoms with van der Waals surface area (Å²) in [7, 11) is -3.69. The Kier molecular flexibility index (Phi) is 4.04. The predicted molar refractivity (Wildman–Crippen MR) is 71.2 cm³/mol. The van der Waals surface area contributed by atoms with Crippen molar-refractivity contribution in [1.29, 1.82) is 0 Å². The van der Waals surface area contributed by atoms with Gasteiger partial charge >= 0.3 is 0 Å². The van der Waals surface area contributed by atoms with Crippen LogP contribution < -0.4 is 10.5 Å². The number of amidine groups is 1. The molecule has 0 saturated heterocycles. The van der Waals surface area contributed by atoms with E-state index in [0.29, 0.717) is 0 Å². The van der Waals surface area contributed by atoms with Crippen LogP contribution >= 0.6 is 0 Å². The molecule has 0 aromatic heterocycles. The van der Waals surface area contributed by atoms with E-state index < -0.39 is 20.6 Å². The van der Waals surface area contributed by atoms with Gasteiger partial charge in [0.15, 0.2) is 5.84 Å². The van der Waals surface area contributed by atoms with Crippen LogP contribution in [-0.4, -0.2) is 24.2 Å². The fourth-order valence-corrected chi connectivity index (χ4v) is 1.94. The van der Waals surface area contributed by atoms with E-state index in [0.717, 1.165) is 12.1 Å². The SMILES string of the molecule is CC(C)(C)S(=O)(=O)Nc1ccc(F)cc1/C(N)=N/O. The van der Waals surface area contributed by atoms with E-state index in [2.05, 4.69) is 9.88 Å². The van der Waals surface area contributed by atoms with Crippen LogP contribution in [0.15, 0.2) is 23.4 Å². The summed E-state index contributed by atoms with van der Waals surface area (Å²) in [6.45, 7) is 4.55. The van der Waals surface area contributed by atoms with Gasteiger partial charge in [0, 0.05) is 5.56 Å². The maximum atomic E-state index is 13.1. The highest BCUT2D eigenvalue weighted by Crippen LogP contribution is 2.23. The van der Waals surface area contributed by atoms with Crippen molar-refractivity contribution >= 4 is 21.5 Å². The van der Waals surface area contributed by atoms with Crippen molar-refractivity contribution in [2.24, 2.45) is 10.9 Å². The number of benzene rings is 1. The number of rotatable bonds is 3. The van der Waals surface area contributed by atoms with E-state index >= 15 is 0 Å². The summed E-state index contributed by atoms with van der Waals surface area (Å²) in [5.41, 5.74) is 5.41. The molecule has 0 radical (unpaired) electrons. The largest absolute Gasteiger partial charge is 0.409 e. The maximum absolute atomic E-state index is 13.1. The van der Waals surface area contributed by atoms with Crippen molar-refractivity contribution in [2.75, 3.05) is 4.72 Å². The van der Waals surface area contributed by atoms with Gasteiger partial charge in [-0.2, -0.15) is 0 Å². The Morgan fingerprint density at radius 3 is 2.47 bits per heavy atom. The minimum absolute atomic E-state index is 0.0321. The molecule has 0 aliphatic carbocycles. The summed E-state index contributed by atoms with van der Waals surface area (Å²) in [4.78, 5) is 0. The Morgan fingerprint density at radius 1 is 1.42 bits per heavy atom. The first-order valence-electron chi connectivity index (χ1n) is 5.38. The Balaban J connectivity index is 3.31. The first-order chi connectivity index (χ1) is 8.58. The number of hydrogen-bond donors (Lipinski definition) is 3. The third-order valence-electron chi connectivity index (χ3n) is 2.42. The molecule has 0 spiro atoms. The molecule has 0 amide bonds. The quantitative estimate of drug-likeness (QED) is 0.339. The molecular weight excluding hydrogens is 273 g/mol. The number of halogens is 1. The predicted octanol–water partition coefficient (Wildman–Crippen LogP) is 1.46. The summed E-state index contributed by atoms with van der Waals surface area (Å²) in [5.74, 6) is -1.01. The van der Waals surface area contributed by atoms with Gasteiger partial charge in [0.25, 0.3) is 0 Å². The lowest BCUT2D eigenvalue weighted by Gasteiger charge is -2.21. The van der Waals surface area contributed by atoms with E-state index in [1.807, 2.05) is 0 Å². The molecule has 0 aliphatic heterocycles. The topological polar surface area (TPSA) is 105 Å². The lowest BCUT2D eigenvalue weighted by molar-refractivity contribution is 0.318. The fraction of sp³-hybridized carbons (Fsp3) is 0.364. The third-order valence-corrected chi connectivity index (χ3v) is 4.52. The highest BCUT2D eigenvalue weighted by molar-refractivity contribution is 7.94. The molecule has 1 rings (SSSR count). The van der Waals surface area contributed by atoms with E-state index in [4.69, 9.17) is 10.9 Å². The van der Waals surface area contributed by atoms with Crippen LogP contribution in [0.2, 0.25) is 0 Å². The summed E-state index contributed by atoms with van der Waals surface area (Å²) in [6, 6.07) is 3.27. The number of sulfonamides is 1. The second-order valence-electron chi connectivity index (χ2n) is 4.89. The summed E-state index contributed by atoms with van der Waals surface area (Å²) >= 11 is 0. The smallest absolute Gasteiger partial charge is 0.237 e. The molecule has 0 unspecified atom stereocenters. The van der Waals surface area contributed by atoms with Crippen LogP contribution in [0, 0.1) is 5.82 Å². The van der Waals surface area contributed by atoms with E-state index in [1.165, 1.54) is 26.8 Å². The van der Waals surface area contributed by atoms with Gasteiger partial charge in [0.2, 0.25) is 10.0 Å². The fourth-order valence-electron chi connectivity index (χ4n) is 1.17. The van der Waals surface area contributed by atoms with Crippen molar-refractivity contribution in [2.45, 2.75) is 25.5 Å². The molecule has 1 aromatic carbocycles. The summed E-state index contributed by atoms with van der Waals surface area (Å²) < 4.78 is 38.4. The van der Waals surface area contributed by atoms with Crippen molar-refractivity contribution in [3.05, 3.63) is 29.6 Å². The van der Waals surface area contributed by atoms with Gasteiger partial charge in [0.05, 0.1) is 10.4 Å². The summed E-state index contributed by atoms with van der Waals surface area (Å²) in [6.07, 6.45) is 0. The molecule has 0 aliphatic rings. The lowest BCUT2D eigenvalue weighted by Crippen LogP contribution is -2.34. The first-order valence-corrected chi connectivity index (χ1v) is 6.86. The molecule has 0 bridgehead atoms. The molecule has 19 heavy (non-hydrogen) atoms. The molecular formula is C11H16FN3O3S. The molecule has 4 N–H and O–H groups in total. The van der Waals surface area contributed by atoms with Gasteiger partial charge in [-0.1, -0.05) is 5.16 Å².